The first-order valence-electron chi connectivity index (χ1n) is 8.02. The standard InChI is InChI=1S/C20H21NO3S/c1-15-7-10-19(11-8-15)25(22,23)21-14-16(2)9-12-20(21)17-5-4-6-18(13-17)24-3/h4-8,10-13H,2,9,14H2,1,3H3. The number of benzene rings is 2. The first-order valence-corrected chi connectivity index (χ1v) is 9.46. The molecule has 0 aliphatic carbocycles. The van der Waals surface area contributed by atoms with Gasteiger partial charge in [0.05, 0.1) is 24.2 Å². The lowest BCUT2D eigenvalue weighted by molar-refractivity contribution is 0.414. The third kappa shape index (κ3) is 3.46. The molecule has 2 aromatic rings. The van der Waals surface area contributed by atoms with Crippen LogP contribution in [0.15, 0.2) is 71.7 Å². The van der Waals surface area contributed by atoms with Crippen LogP contribution in [0.5, 0.6) is 5.75 Å². The number of hydrogen-bond acceptors (Lipinski definition) is 3. The van der Waals surface area contributed by atoms with Gasteiger partial charge in [-0.05, 0) is 37.6 Å². The molecule has 0 N–H and O–H groups in total. The minimum absolute atomic E-state index is 0.277. The first-order chi connectivity index (χ1) is 11.9. The Kier molecular flexibility index (Phi) is 4.68. The fourth-order valence-electron chi connectivity index (χ4n) is 2.79. The second kappa shape index (κ2) is 6.76. The van der Waals surface area contributed by atoms with Gasteiger partial charge in [-0.15, -0.1) is 0 Å². The van der Waals surface area contributed by atoms with Gasteiger partial charge in [-0.2, -0.15) is 0 Å². The van der Waals surface area contributed by atoms with E-state index < -0.39 is 10.0 Å². The summed E-state index contributed by atoms with van der Waals surface area (Å²) in [5.74, 6) is 0.690. The minimum Gasteiger partial charge on any atom is -0.497 e. The molecular weight excluding hydrogens is 334 g/mol. The Labute approximate surface area is 149 Å². The maximum Gasteiger partial charge on any atom is 0.264 e. The van der Waals surface area contributed by atoms with Crippen LogP contribution in [0.4, 0.5) is 0 Å². The predicted molar refractivity (Wildman–Crippen MR) is 99.8 cm³/mol. The average Bonchev–Trinajstić information content (AvgIpc) is 2.62. The Hall–Kier alpha value is -2.53. The van der Waals surface area contributed by atoms with E-state index in [0.717, 1.165) is 16.7 Å². The molecule has 4 nitrogen and oxygen atoms in total. The molecule has 0 radical (unpaired) electrons. The molecule has 1 aliphatic heterocycles. The summed E-state index contributed by atoms with van der Waals surface area (Å²) in [6.07, 6.45) is 2.57. The van der Waals surface area contributed by atoms with Crippen molar-refractivity contribution < 1.29 is 13.2 Å². The Morgan fingerprint density at radius 2 is 1.84 bits per heavy atom. The molecule has 25 heavy (non-hydrogen) atoms. The van der Waals surface area contributed by atoms with Crippen LogP contribution in [0.25, 0.3) is 5.70 Å². The lowest BCUT2D eigenvalue weighted by Crippen LogP contribution is -2.33. The molecular formula is C20H21NO3S. The van der Waals surface area contributed by atoms with Crippen molar-refractivity contribution in [3.05, 3.63) is 77.9 Å². The highest BCUT2D eigenvalue weighted by Crippen LogP contribution is 2.33. The number of sulfonamides is 1. The number of rotatable bonds is 4. The summed E-state index contributed by atoms with van der Waals surface area (Å²) in [5, 5.41) is 0. The Morgan fingerprint density at radius 3 is 2.52 bits per heavy atom. The number of hydrogen-bond donors (Lipinski definition) is 0. The summed E-state index contributed by atoms with van der Waals surface area (Å²) in [5.41, 5.74) is 3.35. The molecule has 0 saturated carbocycles. The van der Waals surface area contributed by atoms with E-state index in [1.807, 2.05) is 37.3 Å². The molecule has 0 atom stereocenters. The highest BCUT2D eigenvalue weighted by molar-refractivity contribution is 7.89. The van der Waals surface area contributed by atoms with E-state index in [4.69, 9.17) is 4.74 Å². The van der Waals surface area contributed by atoms with Crippen LogP contribution in [-0.4, -0.2) is 26.4 Å². The third-order valence-corrected chi connectivity index (χ3v) is 5.97. The van der Waals surface area contributed by atoms with Crippen LogP contribution in [0.3, 0.4) is 0 Å². The highest BCUT2D eigenvalue weighted by atomic mass is 32.2. The molecule has 1 aliphatic rings. The molecule has 0 amide bonds. The first kappa shape index (κ1) is 17.3. The third-order valence-electron chi connectivity index (χ3n) is 4.19. The summed E-state index contributed by atoms with van der Waals surface area (Å²) in [6, 6.07) is 14.3. The molecule has 5 heteroatoms. The van der Waals surface area contributed by atoms with Crippen molar-refractivity contribution in [2.24, 2.45) is 0 Å². The minimum atomic E-state index is -3.67. The SMILES string of the molecule is C=C1CC=C(c2cccc(OC)c2)N(S(=O)(=O)c2ccc(C)cc2)C1. The number of methoxy groups -OCH3 is 1. The van der Waals surface area contributed by atoms with Crippen LogP contribution in [0, 0.1) is 6.92 Å². The summed E-state index contributed by atoms with van der Waals surface area (Å²) in [4.78, 5) is 0.279. The monoisotopic (exact) mass is 355 g/mol. The lowest BCUT2D eigenvalue weighted by atomic mass is 10.0. The number of aryl methyl sites for hydroxylation is 1. The lowest BCUT2D eigenvalue weighted by Gasteiger charge is -2.31. The van der Waals surface area contributed by atoms with Crippen molar-refractivity contribution in [3.63, 3.8) is 0 Å². The number of nitrogens with zero attached hydrogens (tertiary/aromatic N) is 1. The zero-order valence-electron chi connectivity index (χ0n) is 14.4. The summed E-state index contributed by atoms with van der Waals surface area (Å²) < 4.78 is 33.1. The fraction of sp³-hybridized carbons (Fsp3) is 0.200. The zero-order valence-corrected chi connectivity index (χ0v) is 15.2. The molecule has 1 heterocycles. The van der Waals surface area contributed by atoms with E-state index in [1.54, 1.807) is 31.4 Å². The van der Waals surface area contributed by atoms with Crippen molar-refractivity contribution in [1.82, 2.24) is 4.31 Å². The smallest absolute Gasteiger partial charge is 0.264 e. The number of ether oxygens (including phenoxy) is 1. The Balaban J connectivity index is 2.07. The van der Waals surface area contributed by atoms with Crippen LogP contribution in [-0.2, 0) is 10.0 Å². The fourth-order valence-corrected chi connectivity index (χ4v) is 4.32. The molecule has 0 aromatic heterocycles. The van der Waals surface area contributed by atoms with Crippen molar-refractivity contribution in [1.29, 1.82) is 0 Å². The van der Waals surface area contributed by atoms with Gasteiger partial charge in [0.15, 0.2) is 0 Å². The van der Waals surface area contributed by atoms with Crippen LogP contribution < -0.4 is 4.74 Å². The van der Waals surface area contributed by atoms with Gasteiger partial charge in [0, 0.05) is 5.56 Å². The molecule has 0 spiro atoms. The summed E-state index contributed by atoms with van der Waals surface area (Å²) in [7, 11) is -2.07. The van der Waals surface area contributed by atoms with Crippen LogP contribution in [0.1, 0.15) is 17.5 Å². The largest absolute Gasteiger partial charge is 0.497 e. The van der Waals surface area contributed by atoms with E-state index in [0.29, 0.717) is 17.9 Å². The van der Waals surface area contributed by atoms with E-state index in [2.05, 4.69) is 6.58 Å². The van der Waals surface area contributed by atoms with Crippen molar-refractivity contribution >= 4 is 15.7 Å². The summed E-state index contributed by atoms with van der Waals surface area (Å²) >= 11 is 0. The van der Waals surface area contributed by atoms with E-state index in [-0.39, 0.29) is 11.4 Å². The van der Waals surface area contributed by atoms with Crippen molar-refractivity contribution in [3.8, 4) is 5.75 Å². The van der Waals surface area contributed by atoms with Gasteiger partial charge in [0.2, 0.25) is 0 Å². The van der Waals surface area contributed by atoms with E-state index >= 15 is 0 Å². The van der Waals surface area contributed by atoms with Gasteiger partial charge < -0.3 is 4.74 Å². The van der Waals surface area contributed by atoms with Crippen molar-refractivity contribution in [2.45, 2.75) is 18.2 Å². The maximum absolute atomic E-state index is 13.2. The van der Waals surface area contributed by atoms with Crippen LogP contribution >= 0.6 is 0 Å². The second-order valence-corrected chi connectivity index (χ2v) is 7.96. The molecule has 130 valence electrons. The molecule has 0 unspecified atom stereocenters. The van der Waals surface area contributed by atoms with Gasteiger partial charge in [0.1, 0.15) is 5.75 Å². The zero-order chi connectivity index (χ0) is 18.0. The van der Waals surface area contributed by atoms with Gasteiger partial charge in [-0.25, -0.2) is 8.42 Å². The van der Waals surface area contributed by atoms with Gasteiger partial charge in [-0.3, -0.25) is 4.31 Å². The number of allylic oxidation sites excluding steroid dienone is 1. The van der Waals surface area contributed by atoms with E-state index in [1.165, 1.54) is 4.31 Å². The molecule has 2 aromatic carbocycles. The second-order valence-electron chi connectivity index (χ2n) is 6.10. The van der Waals surface area contributed by atoms with Gasteiger partial charge in [-0.1, -0.05) is 48.1 Å². The molecule has 0 saturated heterocycles. The van der Waals surface area contributed by atoms with E-state index in [9.17, 15) is 8.42 Å². The average molecular weight is 355 g/mol. The normalized spacial score (nSPS) is 15.0. The molecule has 3 rings (SSSR count). The molecule has 0 bridgehead atoms. The quantitative estimate of drug-likeness (QED) is 0.779. The predicted octanol–water partition coefficient (Wildman–Crippen LogP) is 4.00. The van der Waals surface area contributed by atoms with Gasteiger partial charge >= 0.3 is 0 Å². The Bertz CT molecular complexity index is 928. The topological polar surface area (TPSA) is 46.6 Å². The van der Waals surface area contributed by atoms with Gasteiger partial charge in [0.25, 0.3) is 10.0 Å². The van der Waals surface area contributed by atoms with Crippen molar-refractivity contribution in [2.75, 3.05) is 13.7 Å². The highest BCUT2D eigenvalue weighted by Gasteiger charge is 2.30. The summed E-state index contributed by atoms with van der Waals surface area (Å²) in [6.45, 7) is 6.18. The molecule has 0 fully saturated rings. The Morgan fingerprint density at radius 1 is 1.12 bits per heavy atom. The maximum atomic E-state index is 13.2. The van der Waals surface area contributed by atoms with Crippen LogP contribution in [0.2, 0.25) is 0 Å².